The fourth-order valence-corrected chi connectivity index (χ4v) is 8.50. The van der Waals surface area contributed by atoms with Crippen LogP contribution in [0.25, 0.3) is 0 Å². The van der Waals surface area contributed by atoms with Gasteiger partial charge < -0.3 is 4.57 Å². The van der Waals surface area contributed by atoms with Crippen LogP contribution in [0.4, 0.5) is 0 Å². The third kappa shape index (κ3) is 3.82. The third-order valence-corrected chi connectivity index (χ3v) is 16.3. The van der Waals surface area contributed by atoms with Crippen LogP contribution in [0.1, 0.15) is 34.1 Å². The molecule has 0 unspecified atom stereocenters. The molecule has 0 aromatic rings. The lowest BCUT2D eigenvalue weighted by atomic mass is 9.85. The highest BCUT2D eigenvalue weighted by Crippen LogP contribution is 2.53. The topological polar surface area (TPSA) is 37.4 Å². The zero-order valence-electron chi connectivity index (χ0n) is 15.9. The summed E-state index contributed by atoms with van der Waals surface area (Å²) in [6.07, 6.45) is 7.21. The summed E-state index contributed by atoms with van der Waals surface area (Å²) in [4.78, 5) is 24.8. The second kappa shape index (κ2) is 7.34. The van der Waals surface area contributed by atoms with Gasteiger partial charge in [0.05, 0.1) is 0 Å². The van der Waals surface area contributed by atoms with E-state index in [9.17, 15) is 9.59 Å². The van der Waals surface area contributed by atoms with Crippen molar-refractivity contribution in [3.05, 3.63) is 0 Å². The molecular weight excluding hydrogens is 362 g/mol. The van der Waals surface area contributed by atoms with E-state index in [1.54, 1.807) is 6.92 Å². The van der Waals surface area contributed by atoms with E-state index in [1.165, 1.54) is 0 Å². The molecule has 1 aliphatic heterocycles. The van der Waals surface area contributed by atoms with Crippen LogP contribution in [-0.2, 0) is 9.59 Å². The average molecular weight is 394 g/mol. The molecule has 0 aliphatic carbocycles. The summed E-state index contributed by atoms with van der Waals surface area (Å²) >= 11 is 5.47. The molecule has 0 N–H and O–H groups in total. The van der Waals surface area contributed by atoms with Crippen LogP contribution in [0.2, 0.25) is 18.1 Å². The van der Waals surface area contributed by atoms with Crippen molar-refractivity contribution in [1.29, 1.82) is 0 Å². The second-order valence-corrected chi connectivity index (χ2v) is 16.9. The molecule has 2 atom stereocenters. The molecule has 7 heteroatoms. The van der Waals surface area contributed by atoms with Gasteiger partial charge in [-0.05, 0) is 30.7 Å². The van der Waals surface area contributed by atoms with E-state index in [4.69, 9.17) is 0 Å². The Bertz CT molecular complexity index is 464. The van der Waals surface area contributed by atoms with Gasteiger partial charge in [0, 0.05) is 12.5 Å². The van der Waals surface area contributed by atoms with E-state index in [-0.39, 0.29) is 26.2 Å². The lowest BCUT2D eigenvalue weighted by molar-refractivity contribution is -0.153. The molecular formula is C16H31NO2S3Si. The minimum atomic E-state index is -1.97. The highest BCUT2D eigenvalue weighted by atomic mass is 32.3. The van der Waals surface area contributed by atoms with Crippen molar-refractivity contribution in [2.45, 2.75) is 61.7 Å². The van der Waals surface area contributed by atoms with Gasteiger partial charge in [-0.15, -0.1) is 35.3 Å². The number of β-lactam (4-membered cyclic amide) rings is 1. The molecule has 1 aliphatic rings. The number of rotatable bonds is 7. The average Bonchev–Trinajstić information content (AvgIpc) is 2.41. The molecule has 0 aromatic carbocycles. The van der Waals surface area contributed by atoms with E-state index in [0.717, 1.165) is 6.42 Å². The number of nitrogens with zero attached hydrogens (tertiary/aromatic N) is 1. The molecule has 134 valence electrons. The summed E-state index contributed by atoms with van der Waals surface area (Å²) in [6, 6.07) is 0.0493. The van der Waals surface area contributed by atoms with Crippen LogP contribution in [0.3, 0.4) is 0 Å². The van der Waals surface area contributed by atoms with Crippen LogP contribution in [-0.4, -0.2) is 52.7 Å². The molecule has 1 fully saturated rings. The Morgan fingerprint density at radius 1 is 1.13 bits per heavy atom. The molecule has 23 heavy (non-hydrogen) atoms. The van der Waals surface area contributed by atoms with Crippen molar-refractivity contribution in [1.82, 2.24) is 4.57 Å². The first kappa shape index (κ1) is 21.4. The number of Topliss-reactive ketones (excluding diaryl/α,β-unsaturated/α-hetero) is 1. The van der Waals surface area contributed by atoms with Crippen molar-refractivity contribution in [3.8, 4) is 0 Å². The van der Waals surface area contributed by atoms with Gasteiger partial charge in [-0.3, -0.25) is 9.59 Å². The first-order valence-electron chi connectivity index (χ1n) is 7.87. The van der Waals surface area contributed by atoms with Gasteiger partial charge in [0.25, 0.3) is 0 Å². The largest absolute Gasteiger partial charge is 0.364 e. The Morgan fingerprint density at radius 3 is 1.87 bits per heavy atom. The van der Waals surface area contributed by atoms with Crippen LogP contribution >= 0.6 is 35.3 Å². The maximum absolute atomic E-state index is 12.8. The van der Waals surface area contributed by atoms with Gasteiger partial charge in [-0.1, -0.05) is 33.9 Å². The van der Waals surface area contributed by atoms with E-state index < -0.39 is 14.2 Å². The molecule has 1 amide bonds. The highest BCUT2D eigenvalue weighted by Gasteiger charge is 2.59. The Labute approximate surface area is 155 Å². The minimum absolute atomic E-state index is 0.000317. The Hall–Kier alpha value is 0.407. The van der Waals surface area contributed by atoms with Gasteiger partial charge in [0.15, 0.2) is 8.24 Å². The molecule has 1 saturated heterocycles. The molecule has 0 spiro atoms. The lowest BCUT2D eigenvalue weighted by Crippen LogP contribution is -2.74. The summed E-state index contributed by atoms with van der Waals surface area (Å²) in [7, 11) is -1.97. The van der Waals surface area contributed by atoms with E-state index in [1.807, 2.05) is 35.3 Å². The normalized spacial score (nSPS) is 23.0. The summed E-state index contributed by atoms with van der Waals surface area (Å²) in [5.74, 6) is -0.353. The Balaban J connectivity index is 3.21. The fourth-order valence-electron chi connectivity index (χ4n) is 3.01. The van der Waals surface area contributed by atoms with Gasteiger partial charge in [0.2, 0.25) is 5.91 Å². The van der Waals surface area contributed by atoms with Crippen molar-refractivity contribution in [2.24, 2.45) is 5.92 Å². The van der Waals surface area contributed by atoms with Crippen molar-refractivity contribution < 1.29 is 9.59 Å². The summed E-state index contributed by atoms with van der Waals surface area (Å²) < 4.78 is 2.12. The zero-order chi connectivity index (χ0) is 18.2. The van der Waals surface area contributed by atoms with Crippen molar-refractivity contribution in [3.63, 3.8) is 0 Å². The molecule has 0 aromatic heterocycles. The Morgan fingerprint density at radius 2 is 1.57 bits per heavy atom. The maximum Gasteiger partial charge on any atom is 0.227 e. The van der Waals surface area contributed by atoms with Crippen molar-refractivity contribution >= 4 is 55.2 Å². The number of hydrogen-bond acceptors (Lipinski definition) is 5. The quantitative estimate of drug-likeness (QED) is 0.275. The highest BCUT2D eigenvalue weighted by molar-refractivity contribution is 8.33. The fraction of sp³-hybridized carbons (Fsp3) is 0.875. The first-order chi connectivity index (χ1) is 10.4. The number of amides is 1. The van der Waals surface area contributed by atoms with Crippen LogP contribution < -0.4 is 0 Å². The number of hydrogen-bond donors (Lipinski definition) is 0. The Kier molecular flexibility index (Phi) is 6.84. The smallest absolute Gasteiger partial charge is 0.227 e. The molecule has 0 bridgehead atoms. The SMILES string of the molecule is CSC(C[C@@H]1[C@@H](C(C)=O)C(=O)N1[Si](C)(C)C(C)(C)C)(SC)SC. The minimum Gasteiger partial charge on any atom is -0.364 e. The predicted molar refractivity (Wildman–Crippen MR) is 110 cm³/mol. The number of carbonyl (C=O) groups excluding carboxylic acids is 2. The summed E-state index contributed by atoms with van der Waals surface area (Å²) in [5.41, 5.74) is 0. The maximum atomic E-state index is 12.8. The summed E-state index contributed by atoms with van der Waals surface area (Å²) in [6.45, 7) is 12.7. The predicted octanol–water partition coefficient (Wildman–Crippen LogP) is 4.54. The number of thioether (sulfide) groups is 3. The molecule has 0 radical (unpaired) electrons. The lowest BCUT2D eigenvalue weighted by Gasteiger charge is -2.59. The van der Waals surface area contributed by atoms with Crippen LogP contribution in [0.15, 0.2) is 0 Å². The third-order valence-electron chi connectivity index (χ3n) is 5.49. The van der Waals surface area contributed by atoms with Gasteiger partial charge in [-0.25, -0.2) is 0 Å². The molecule has 3 nitrogen and oxygen atoms in total. The van der Waals surface area contributed by atoms with Crippen LogP contribution in [0.5, 0.6) is 0 Å². The van der Waals surface area contributed by atoms with E-state index in [2.05, 4.69) is 57.2 Å². The van der Waals surface area contributed by atoms with Gasteiger partial charge in [-0.2, -0.15) is 0 Å². The summed E-state index contributed by atoms with van der Waals surface area (Å²) in [5, 5.41) is 0.0867. The number of carbonyl (C=O) groups is 2. The molecule has 0 saturated carbocycles. The molecule has 1 heterocycles. The van der Waals surface area contributed by atoms with Crippen LogP contribution in [0, 0.1) is 5.92 Å². The van der Waals surface area contributed by atoms with E-state index in [0.29, 0.717) is 0 Å². The van der Waals surface area contributed by atoms with Crippen molar-refractivity contribution in [2.75, 3.05) is 18.8 Å². The zero-order valence-corrected chi connectivity index (χ0v) is 19.3. The standard InChI is InChI=1S/C16H31NO2S3Si/c1-11(18)13-12(10-16(20-5,21-6)22-7)17(14(13)19)23(8,9)15(2,3)4/h12-13H,10H2,1-9H3/t12-,13-/m1/s1. The molecule has 1 rings (SSSR count). The van der Waals surface area contributed by atoms with E-state index >= 15 is 0 Å². The first-order valence-corrected chi connectivity index (χ1v) is 14.5. The second-order valence-electron chi connectivity index (χ2n) is 7.67. The van der Waals surface area contributed by atoms with Gasteiger partial charge in [0.1, 0.15) is 15.1 Å². The number of ketones is 1. The van der Waals surface area contributed by atoms with Gasteiger partial charge >= 0.3 is 0 Å². The monoisotopic (exact) mass is 393 g/mol.